The van der Waals surface area contributed by atoms with Crippen LogP contribution in [0.3, 0.4) is 0 Å². The fourth-order valence-corrected chi connectivity index (χ4v) is 1.46. The Morgan fingerprint density at radius 2 is 1.62 bits per heavy atom. The van der Waals surface area contributed by atoms with E-state index in [0.717, 1.165) is 0 Å². The van der Waals surface area contributed by atoms with Crippen LogP contribution in [0, 0.1) is 6.92 Å². The van der Waals surface area contributed by atoms with Crippen LogP contribution in [0.25, 0.3) is 0 Å². The minimum atomic E-state index is -1.28. The zero-order valence-corrected chi connectivity index (χ0v) is 9.83. The minimum absolute atomic E-state index is 1.20. The Morgan fingerprint density at radius 1 is 1.08 bits per heavy atom. The maximum absolute atomic E-state index is 4.57. The average Bonchev–Trinajstić information content (AvgIpc) is 2.02. The van der Waals surface area contributed by atoms with Crippen molar-refractivity contribution in [1.29, 1.82) is 0 Å². The molecule has 0 fully saturated rings. The summed E-state index contributed by atoms with van der Waals surface area (Å²) in [6, 6.07) is 8.45. The van der Waals surface area contributed by atoms with Crippen molar-refractivity contribution in [2.24, 2.45) is 4.66 Å². The lowest BCUT2D eigenvalue weighted by Gasteiger charge is -2.07. The molecule has 0 heterocycles. The van der Waals surface area contributed by atoms with Gasteiger partial charge in [-0.15, -0.1) is 0 Å². The topological polar surface area (TPSA) is 12.4 Å². The van der Waals surface area contributed by atoms with Gasteiger partial charge in [0.15, 0.2) is 8.24 Å². The molecule has 0 aliphatic carbocycles. The van der Waals surface area contributed by atoms with E-state index in [9.17, 15) is 0 Å². The van der Waals surface area contributed by atoms with E-state index in [2.05, 4.69) is 55.5 Å². The van der Waals surface area contributed by atoms with Gasteiger partial charge in [-0.1, -0.05) is 29.8 Å². The summed E-state index contributed by atoms with van der Waals surface area (Å²) in [5.41, 5.74) is 2.50. The number of benzene rings is 1. The van der Waals surface area contributed by atoms with E-state index in [1.165, 1.54) is 11.1 Å². The van der Waals surface area contributed by atoms with Gasteiger partial charge in [-0.25, -0.2) is 0 Å². The molecule has 0 bridgehead atoms. The first-order valence-electron chi connectivity index (χ1n) is 4.59. The summed E-state index contributed by atoms with van der Waals surface area (Å²) in [6.45, 7) is 8.80. The van der Waals surface area contributed by atoms with Crippen LogP contribution in [-0.4, -0.2) is 14.5 Å². The first-order chi connectivity index (χ1) is 5.97. The lowest BCUT2D eigenvalue weighted by Crippen LogP contribution is -2.16. The molecule has 0 aromatic heterocycles. The van der Waals surface area contributed by atoms with Crippen LogP contribution in [0.1, 0.15) is 11.1 Å². The Bertz CT molecular complexity index is 293. The second kappa shape index (κ2) is 3.88. The average molecular weight is 191 g/mol. The SMILES string of the molecule is Cc1ccc(/C=N/[Si](C)(C)C)cc1. The predicted octanol–water partition coefficient (Wildman–Crippen LogP) is 3.25. The molecule has 0 aliphatic rings. The number of aryl methyl sites for hydroxylation is 1. The van der Waals surface area contributed by atoms with Crippen molar-refractivity contribution in [2.75, 3.05) is 0 Å². The highest BCUT2D eigenvalue weighted by Gasteiger charge is 2.08. The zero-order valence-electron chi connectivity index (χ0n) is 8.83. The van der Waals surface area contributed by atoms with Gasteiger partial charge in [0.05, 0.1) is 0 Å². The molecule has 0 N–H and O–H groups in total. The maximum atomic E-state index is 4.57. The monoisotopic (exact) mass is 191 g/mol. The molecule has 1 nitrogen and oxygen atoms in total. The summed E-state index contributed by atoms with van der Waals surface area (Å²) in [6.07, 6.45) is 1.99. The first-order valence-corrected chi connectivity index (χ1v) is 8.04. The third kappa shape index (κ3) is 4.04. The van der Waals surface area contributed by atoms with Gasteiger partial charge in [0.1, 0.15) is 0 Å². The number of rotatable bonds is 2. The summed E-state index contributed by atoms with van der Waals surface area (Å²) in [7, 11) is -1.28. The van der Waals surface area contributed by atoms with Crippen molar-refractivity contribution in [3.8, 4) is 0 Å². The molecule has 70 valence electrons. The lowest BCUT2D eigenvalue weighted by atomic mass is 10.2. The molecule has 0 aliphatic heterocycles. The van der Waals surface area contributed by atoms with E-state index >= 15 is 0 Å². The van der Waals surface area contributed by atoms with Gasteiger partial charge in [-0.05, 0) is 32.1 Å². The van der Waals surface area contributed by atoms with Crippen molar-refractivity contribution < 1.29 is 0 Å². The third-order valence-corrected chi connectivity index (χ3v) is 2.58. The molecule has 0 saturated carbocycles. The van der Waals surface area contributed by atoms with Crippen LogP contribution in [-0.2, 0) is 0 Å². The molecule has 0 atom stereocenters. The molecule has 1 aromatic rings. The van der Waals surface area contributed by atoms with Gasteiger partial charge in [-0.3, -0.25) is 0 Å². The van der Waals surface area contributed by atoms with Crippen molar-refractivity contribution in [2.45, 2.75) is 26.6 Å². The number of hydrogen-bond donors (Lipinski definition) is 0. The van der Waals surface area contributed by atoms with Crippen molar-refractivity contribution in [3.05, 3.63) is 35.4 Å². The molecular weight excluding hydrogens is 174 g/mol. The van der Waals surface area contributed by atoms with Crippen molar-refractivity contribution in [1.82, 2.24) is 0 Å². The van der Waals surface area contributed by atoms with E-state index in [1.807, 2.05) is 6.21 Å². The Hall–Kier alpha value is -0.893. The number of nitrogens with zero attached hydrogens (tertiary/aromatic N) is 1. The van der Waals surface area contributed by atoms with Crippen LogP contribution >= 0.6 is 0 Å². The van der Waals surface area contributed by atoms with Crippen LogP contribution in [0.4, 0.5) is 0 Å². The van der Waals surface area contributed by atoms with Crippen LogP contribution in [0.5, 0.6) is 0 Å². The van der Waals surface area contributed by atoms with Crippen LogP contribution in [0.2, 0.25) is 19.6 Å². The van der Waals surface area contributed by atoms with E-state index in [0.29, 0.717) is 0 Å². The second-order valence-corrected chi connectivity index (χ2v) is 8.94. The van der Waals surface area contributed by atoms with Gasteiger partial charge in [0, 0.05) is 6.21 Å². The van der Waals surface area contributed by atoms with E-state index in [-0.39, 0.29) is 0 Å². The van der Waals surface area contributed by atoms with E-state index < -0.39 is 8.24 Å². The molecule has 0 amide bonds. The largest absolute Gasteiger partial charge is 0.329 e. The van der Waals surface area contributed by atoms with Gasteiger partial charge in [0.2, 0.25) is 0 Å². The first kappa shape index (κ1) is 10.2. The minimum Gasteiger partial charge on any atom is -0.329 e. The highest BCUT2D eigenvalue weighted by molar-refractivity contribution is 6.75. The fraction of sp³-hybridized carbons (Fsp3) is 0.364. The standard InChI is InChI=1S/C11H17NSi/c1-10-5-7-11(8-6-10)9-12-13(2,3)4/h5-9H,1-4H3/b12-9+. The maximum Gasteiger partial charge on any atom is 0.172 e. The Balaban J connectivity index is 2.75. The van der Waals surface area contributed by atoms with Crippen LogP contribution in [0.15, 0.2) is 28.9 Å². The Kier molecular flexibility index (Phi) is 3.04. The quantitative estimate of drug-likeness (QED) is 0.502. The predicted molar refractivity (Wildman–Crippen MR) is 62.1 cm³/mol. The molecule has 0 unspecified atom stereocenters. The molecular formula is C11H17NSi. The Morgan fingerprint density at radius 3 is 2.08 bits per heavy atom. The molecule has 2 heteroatoms. The van der Waals surface area contributed by atoms with E-state index in [4.69, 9.17) is 0 Å². The smallest absolute Gasteiger partial charge is 0.172 e. The lowest BCUT2D eigenvalue weighted by molar-refractivity contribution is 1.46. The molecule has 0 saturated heterocycles. The second-order valence-electron chi connectivity index (χ2n) is 4.34. The highest BCUT2D eigenvalue weighted by Crippen LogP contribution is 2.04. The Labute approximate surface area is 81.6 Å². The summed E-state index contributed by atoms with van der Waals surface area (Å²) >= 11 is 0. The van der Waals surface area contributed by atoms with Gasteiger partial charge in [-0.2, -0.15) is 0 Å². The molecule has 0 radical (unpaired) electrons. The van der Waals surface area contributed by atoms with Crippen molar-refractivity contribution in [3.63, 3.8) is 0 Å². The summed E-state index contributed by atoms with van der Waals surface area (Å²) in [5.74, 6) is 0. The van der Waals surface area contributed by atoms with Crippen LogP contribution < -0.4 is 0 Å². The van der Waals surface area contributed by atoms with E-state index in [1.54, 1.807) is 0 Å². The molecule has 1 rings (SSSR count). The van der Waals surface area contributed by atoms with Gasteiger partial charge < -0.3 is 4.66 Å². The van der Waals surface area contributed by atoms with Gasteiger partial charge >= 0.3 is 0 Å². The van der Waals surface area contributed by atoms with Gasteiger partial charge in [0.25, 0.3) is 0 Å². The highest BCUT2D eigenvalue weighted by atomic mass is 28.3. The number of hydrogen-bond acceptors (Lipinski definition) is 1. The molecule has 1 aromatic carbocycles. The summed E-state index contributed by atoms with van der Waals surface area (Å²) < 4.78 is 4.57. The van der Waals surface area contributed by atoms with Crippen molar-refractivity contribution >= 4 is 14.5 Å². The normalized spacial score (nSPS) is 12.3. The fourth-order valence-electron chi connectivity index (χ4n) is 0.921. The summed E-state index contributed by atoms with van der Waals surface area (Å²) in [4.78, 5) is 0. The third-order valence-electron chi connectivity index (χ3n) is 1.68. The molecule has 13 heavy (non-hydrogen) atoms. The summed E-state index contributed by atoms with van der Waals surface area (Å²) in [5, 5.41) is 0. The molecule has 0 spiro atoms. The zero-order chi connectivity index (χ0) is 9.90.